The van der Waals surface area contributed by atoms with E-state index in [1.165, 1.54) is 65.2 Å². The van der Waals surface area contributed by atoms with Gasteiger partial charge in [0.15, 0.2) is 10.8 Å². The lowest BCUT2D eigenvalue weighted by Gasteiger charge is -2.62. The fourth-order valence-corrected chi connectivity index (χ4v) is 23.9. The quantitative estimate of drug-likeness (QED) is 0.0486. The van der Waals surface area contributed by atoms with Gasteiger partial charge in [0.25, 0.3) is 5.60 Å². The summed E-state index contributed by atoms with van der Waals surface area (Å²) in [5, 5.41) is 49.3. The number of nitriles is 2. The number of ether oxygens (including phenoxy) is 8. The minimum absolute atomic E-state index is 0.00347. The summed E-state index contributed by atoms with van der Waals surface area (Å²) in [6, 6.07) is 4.29. The Kier molecular flexibility index (Phi) is 28.4. The summed E-state index contributed by atoms with van der Waals surface area (Å²) < 4.78 is 123. The van der Waals surface area contributed by atoms with Crippen molar-refractivity contribution in [3.8, 4) is 12.1 Å². The van der Waals surface area contributed by atoms with Gasteiger partial charge in [-0.05, 0) is 242 Å². The second-order valence-corrected chi connectivity index (χ2v) is 40.8. The van der Waals surface area contributed by atoms with Crippen molar-refractivity contribution in [2.45, 2.75) is 393 Å². The van der Waals surface area contributed by atoms with Crippen LogP contribution in [0.3, 0.4) is 0 Å². The Bertz CT molecular complexity index is 3570. The number of carbonyl (C=O) groups excluding carboxylic acids is 8. The molecule has 3 N–H and O–H groups in total. The zero-order chi connectivity index (χ0) is 87.4. The normalized spacial score (nSPS) is 37.8. The molecule has 2 saturated heterocycles. The lowest BCUT2D eigenvalue weighted by molar-refractivity contribution is -0.375. The van der Waals surface area contributed by atoms with Crippen LogP contribution in [0, 0.1) is 139 Å². The Hall–Kier alpha value is -5.80. The highest BCUT2D eigenvalue weighted by atomic mass is 19.4. The molecule has 0 amide bonds. The predicted molar refractivity (Wildman–Crippen MR) is 418 cm³/mol. The number of fused-ring (bicyclic) bond motifs is 4. The average Bonchev–Trinajstić information content (AvgIpc) is 1.46. The first-order valence-corrected chi connectivity index (χ1v) is 44.8. The Labute approximate surface area is 694 Å². The summed E-state index contributed by atoms with van der Waals surface area (Å²) in [6.07, 6.45) is 10.2. The molecule has 21 unspecified atom stereocenters. The third-order valence-corrected chi connectivity index (χ3v) is 31.9. The van der Waals surface area contributed by atoms with E-state index in [4.69, 9.17) is 37.9 Å². The van der Waals surface area contributed by atoms with Crippen LogP contribution in [-0.2, 0) is 76.3 Å². The second-order valence-electron chi connectivity index (χ2n) is 40.8. The van der Waals surface area contributed by atoms with Crippen LogP contribution in [0.25, 0.3) is 0 Å². The van der Waals surface area contributed by atoms with Gasteiger partial charge in [-0.3, -0.25) is 38.4 Å². The van der Waals surface area contributed by atoms with Crippen molar-refractivity contribution in [3.63, 3.8) is 0 Å². The molecule has 0 spiro atoms. The van der Waals surface area contributed by atoms with E-state index < -0.39 is 99.6 Å². The minimum atomic E-state index is -5.92. The molecule has 0 aromatic rings. The molecule has 2 aliphatic heterocycles. The molecule has 21 atom stereocenters. The van der Waals surface area contributed by atoms with Crippen LogP contribution in [0.5, 0.6) is 0 Å². The molecule has 666 valence electrons. The highest BCUT2D eigenvalue weighted by Gasteiger charge is 2.75. The van der Waals surface area contributed by atoms with E-state index in [-0.39, 0.29) is 130 Å². The van der Waals surface area contributed by atoms with Gasteiger partial charge in [0.05, 0.1) is 58.3 Å². The Morgan fingerprint density at radius 2 is 0.941 bits per heavy atom. The number of halogens is 6. The SMILES string of the molecule is CCC(C)(C)C(=O)OC(CC(O)(C(F)(F)F)C(F)(F)F)C1CC2CCC1C2.CCC(C)C(=O)OC(C)(C)C12CC3CC(CC(C3)C1)C2.CCC(C)C(=O)OC1(CC)CCCC1.CCC(C)C(=O)OC12CC3CC(O)(CC(O)(C3)C1)C2.CCC(C)C(=O)OC1C2CC3C1OC(=O)C3(C#N)C2.CCC(C)C(=O)OC1C2CC3C1OC(=O)C3(C#N)C2. The summed E-state index contributed by atoms with van der Waals surface area (Å²) in [6.45, 7) is 30.6. The number of rotatable bonds is 23. The van der Waals surface area contributed by atoms with Crippen molar-refractivity contribution < 1.29 is 118 Å². The van der Waals surface area contributed by atoms with Gasteiger partial charge >= 0.3 is 60.1 Å². The van der Waals surface area contributed by atoms with Gasteiger partial charge in [0.1, 0.15) is 47.3 Å². The van der Waals surface area contributed by atoms with E-state index in [0.29, 0.717) is 57.8 Å². The van der Waals surface area contributed by atoms with Gasteiger partial charge in [-0.15, -0.1) is 0 Å². The number of alkyl halides is 6. The van der Waals surface area contributed by atoms with Crippen LogP contribution in [0.1, 0.15) is 316 Å². The number of carbonyl (C=O) groups is 8. The molecule has 14 bridgehead atoms. The van der Waals surface area contributed by atoms with Gasteiger partial charge < -0.3 is 53.2 Å². The molecule has 0 radical (unpaired) electrons. The van der Waals surface area contributed by atoms with Gasteiger partial charge in [-0.25, -0.2) is 0 Å². The Morgan fingerprint density at radius 1 is 0.517 bits per heavy atom. The molecule has 17 fully saturated rings. The largest absolute Gasteiger partial charge is 0.462 e. The zero-order valence-electron chi connectivity index (χ0n) is 72.8. The van der Waals surface area contributed by atoms with Crippen LogP contribution in [0.15, 0.2) is 0 Å². The fraction of sp³-hybridized carbons (Fsp3) is 0.890. The van der Waals surface area contributed by atoms with Gasteiger partial charge in [-0.2, -0.15) is 36.9 Å². The van der Waals surface area contributed by atoms with E-state index in [0.717, 1.165) is 108 Å². The summed E-state index contributed by atoms with van der Waals surface area (Å²) in [4.78, 5) is 95.9. The van der Waals surface area contributed by atoms with Crippen molar-refractivity contribution in [3.05, 3.63) is 0 Å². The molecular formula is C91H136F6N2O19. The summed E-state index contributed by atoms with van der Waals surface area (Å²) >= 11 is 0. The van der Waals surface area contributed by atoms with Crippen molar-refractivity contribution >= 4 is 47.8 Å². The molecule has 21 nitrogen and oxygen atoms in total. The fourth-order valence-electron chi connectivity index (χ4n) is 23.9. The smallest absolute Gasteiger partial charge is 0.426 e. The Balaban J connectivity index is 0.000000150. The van der Waals surface area contributed by atoms with Crippen molar-refractivity contribution in [1.82, 2.24) is 0 Å². The van der Waals surface area contributed by atoms with E-state index in [2.05, 4.69) is 39.8 Å². The second kappa shape index (κ2) is 35.4. The maximum absolute atomic E-state index is 13.2. The highest BCUT2D eigenvalue weighted by molar-refractivity contribution is 5.85. The lowest BCUT2D eigenvalue weighted by Crippen LogP contribution is -2.67. The first-order chi connectivity index (χ1) is 54.9. The first-order valence-electron chi connectivity index (χ1n) is 44.8. The zero-order valence-corrected chi connectivity index (χ0v) is 72.8. The Morgan fingerprint density at radius 3 is 1.31 bits per heavy atom. The topological polar surface area (TPSA) is 319 Å². The van der Waals surface area contributed by atoms with E-state index in [1.54, 1.807) is 6.92 Å². The van der Waals surface area contributed by atoms with Crippen molar-refractivity contribution in [2.75, 3.05) is 0 Å². The molecule has 2 heterocycles. The van der Waals surface area contributed by atoms with Crippen LogP contribution in [-0.4, -0.2) is 140 Å². The average molecular weight is 1680 g/mol. The molecular weight excluding hydrogens is 1540 g/mol. The van der Waals surface area contributed by atoms with E-state index in [9.17, 15) is 90.5 Å². The number of hydrogen-bond acceptors (Lipinski definition) is 21. The van der Waals surface area contributed by atoms with Crippen LogP contribution >= 0.6 is 0 Å². The van der Waals surface area contributed by atoms with Crippen LogP contribution in [0.4, 0.5) is 26.3 Å². The van der Waals surface area contributed by atoms with E-state index >= 15 is 0 Å². The number of hydrogen-bond donors (Lipinski definition) is 3. The minimum Gasteiger partial charge on any atom is -0.462 e. The molecule has 15 aliphatic carbocycles. The summed E-state index contributed by atoms with van der Waals surface area (Å²) in [5.41, 5.74) is -10.3. The third kappa shape index (κ3) is 18.7. The molecule has 17 rings (SSSR count). The molecule has 118 heavy (non-hydrogen) atoms. The van der Waals surface area contributed by atoms with E-state index in [1.807, 2.05) is 62.3 Å². The molecule has 15 saturated carbocycles. The van der Waals surface area contributed by atoms with Crippen molar-refractivity contribution in [2.24, 2.45) is 116 Å². The molecule has 17 aliphatic rings. The third-order valence-electron chi connectivity index (χ3n) is 31.9. The summed E-state index contributed by atoms with van der Waals surface area (Å²) in [5.74, 6) is -0.0912. The predicted octanol–water partition coefficient (Wildman–Crippen LogP) is 17.5. The maximum Gasteiger partial charge on any atom is 0.426 e. The maximum atomic E-state index is 13.2. The van der Waals surface area contributed by atoms with Crippen LogP contribution in [0.2, 0.25) is 0 Å². The van der Waals surface area contributed by atoms with Gasteiger partial charge in [0.2, 0.25) is 0 Å². The number of nitrogens with zero attached hydrogens (tertiary/aromatic N) is 2. The summed E-state index contributed by atoms with van der Waals surface area (Å²) in [7, 11) is 0. The monoisotopic (exact) mass is 1670 g/mol. The standard InChI is InChI=1S/C18H26F6O3.C18H30O2.C15H24O4.2C14H17NO4.C12H22O2/c1-4-15(2,3)14(25)27-13(12-8-10-5-6-11(12)7-10)9-16(26,17(19,20)21)18(22,23)24;1-5-12(2)16(19)20-17(3,4)18-9-13-6-14(10-18)8-15(7-13)11-18;1-3-10(2)12(16)19-15-6-11-4-13(17,8-15)7-14(18,5-11)9-15;2*1-3-7(2)12(16)18-10-8-4-9-11(10)19-13(17)14(9,5-8)6-15;1-4-10(3)11(13)14-12(5-2)8-6-7-9-12/h10-13,26H,4-9H2,1-3H3;12-15H,5-11H2,1-4H3;10-11,17-18H,3-9H2,1-2H3;2*7-11H,3-5H2,1-2H3;10H,4-9H2,1-3H3. The number of esters is 8. The van der Waals surface area contributed by atoms with Crippen molar-refractivity contribution in [1.29, 1.82) is 10.5 Å². The number of aliphatic hydroxyl groups is 3. The lowest BCUT2D eigenvalue weighted by atomic mass is 9.46. The molecule has 0 aromatic carbocycles. The molecule has 0 aromatic heterocycles. The molecule has 27 heteroatoms. The first kappa shape index (κ1) is 94.4. The van der Waals surface area contributed by atoms with Gasteiger partial charge in [0, 0.05) is 54.8 Å². The van der Waals surface area contributed by atoms with Crippen LogP contribution < -0.4 is 0 Å². The highest BCUT2D eigenvalue weighted by Crippen LogP contribution is 2.67. The van der Waals surface area contributed by atoms with Gasteiger partial charge in [-0.1, -0.05) is 89.5 Å².